The summed E-state index contributed by atoms with van der Waals surface area (Å²) in [5, 5.41) is 50.4. The Morgan fingerprint density at radius 2 is 1.76 bits per heavy atom. The fraction of sp³-hybridized carbons (Fsp3) is 0.455. The van der Waals surface area contributed by atoms with Gasteiger partial charge in [0.1, 0.15) is 42.0 Å². The molecule has 5 N–H and O–H groups in total. The molecule has 0 spiro atoms. The van der Waals surface area contributed by atoms with Crippen molar-refractivity contribution < 1.29 is 35.0 Å². The number of phenolic OH excluding ortho intramolecular Hbond substituents is 1. The van der Waals surface area contributed by atoms with Gasteiger partial charge in [-0.05, 0) is 41.2 Å². The van der Waals surface area contributed by atoms with Crippen molar-refractivity contribution >= 4 is 0 Å². The summed E-state index contributed by atoms with van der Waals surface area (Å²) in [6.45, 7) is -0.527. The molecule has 7 heteroatoms. The van der Waals surface area contributed by atoms with Crippen molar-refractivity contribution in [1.82, 2.24) is 0 Å². The zero-order valence-electron chi connectivity index (χ0n) is 16.2. The molecule has 4 rings (SSSR count). The van der Waals surface area contributed by atoms with E-state index in [4.69, 9.17) is 9.47 Å². The lowest BCUT2D eigenvalue weighted by Gasteiger charge is -2.40. The third-order valence-electron chi connectivity index (χ3n) is 5.96. The summed E-state index contributed by atoms with van der Waals surface area (Å²) in [6, 6.07) is 9.49. The Balaban J connectivity index is 1.68. The number of hydrogen-bond acceptors (Lipinski definition) is 7. The van der Waals surface area contributed by atoms with Gasteiger partial charge in [0.05, 0.1) is 13.7 Å². The number of ether oxygens (including phenoxy) is 2. The molecule has 0 unspecified atom stereocenters. The van der Waals surface area contributed by atoms with Crippen LogP contribution in [-0.2, 0) is 24.0 Å². The standard InChI is InChI=1S/C22H26O7/c1-28-17-9-16(24)15(22-21(27)20(26)19(25)18(10-23)29-22)8-14(17)7-11-2-3-12-4-5-13(12)6-11/h2-3,6,8-9,18-27H,4-5,7,10H2,1H3/t18-,19-,20+,21-,22+/m1/s1. The Hall–Kier alpha value is -2.16. The topological polar surface area (TPSA) is 120 Å². The summed E-state index contributed by atoms with van der Waals surface area (Å²) in [6.07, 6.45) is -3.83. The molecule has 1 heterocycles. The summed E-state index contributed by atoms with van der Waals surface area (Å²) in [5.74, 6) is 0.339. The number of benzene rings is 2. The first-order valence-electron chi connectivity index (χ1n) is 9.74. The van der Waals surface area contributed by atoms with Crippen LogP contribution in [0.15, 0.2) is 30.3 Å². The molecule has 1 aliphatic carbocycles. The van der Waals surface area contributed by atoms with Gasteiger partial charge in [-0.15, -0.1) is 0 Å². The second kappa shape index (κ2) is 7.93. The number of aliphatic hydroxyl groups is 4. The first-order chi connectivity index (χ1) is 13.9. The van der Waals surface area contributed by atoms with Crippen molar-refractivity contribution in [2.24, 2.45) is 0 Å². The van der Waals surface area contributed by atoms with Crippen LogP contribution < -0.4 is 4.74 Å². The smallest absolute Gasteiger partial charge is 0.126 e. The number of methoxy groups -OCH3 is 1. The highest BCUT2D eigenvalue weighted by atomic mass is 16.5. The first kappa shape index (κ1) is 20.1. The van der Waals surface area contributed by atoms with Gasteiger partial charge in [0.2, 0.25) is 0 Å². The maximum atomic E-state index is 10.5. The van der Waals surface area contributed by atoms with Crippen molar-refractivity contribution in [2.45, 2.75) is 49.8 Å². The highest BCUT2D eigenvalue weighted by Gasteiger charge is 2.44. The van der Waals surface area contributed by atoms with E-state index in [1.165, 1.54) is 24.3 Å². The summed E-state index contributed by atoms with van der Waals surface area (Å²) in [4.78, 5) is 0. The number of fused-ring (bicyclic) bond motifs is 1. The molecule has 1 fully saturated rings. The molecule has 0 radical (unpaired) electrons. The minimum Gasteiger partial charge on any atom is -0.507 e. The molecule has 2 aromatic rings. The van der Waals surface area contributed by atoms with Crippen molar-refractivity contribution in [1.29, 1.82) is 0 Å². The predicted octanol–water partition coefficient (Wildman–Crippen LogP) is 0.605. The molecular weight excluding hydrogens is 376 g/mol. The van der Waals surface area contributed by atoms with E-state index in [1.807, 2.05) is 0 Å². The molecule has 156 valence electrons. The molecule has 1 saturated heterocycles. The number of phenols is 1. The second-order valence-electron chi connectivity index (χ2n) is 7.75. The van der Waals surface area contributed by atoms with Gasteiger partial charge < -0.3 is 35.0 Å². The molecule has 0 aromatic heterocycles. The summed E-state index contributed by atoms with van der Waals surface area (Å²) in [5.41, 5.74) is 4.87. The van der Waals surface area contributed by atoms with E-state index in [0.717, 1.165) is 24.0 Å². The fourth-order valence-electron chi connectivity index (χ4n) is 4.13. The lowest BCUT2D eigenvalue weighted by atomic mass is 9.85. The van der Waals surface area contributed by atoms with Crippen LogP contribution in [0.2, 0.25) is 0 Å². The second-order valence-corrected chi connectivity index (χ2v) is 7.75. The predicted molar refractivity (Wildman–Crippen MR) is 104 cm³/mol. The highest BCUT2D eigenvalue weighted by Crippen LogP contribution is 2.40. The average Bonchev–Trinajstić information content (AvgIpc) is 2.70. The normalized spacial score (nSPS) is 28.5. The van der Waals surface area contributed by atoms with E-state index in [-0.39, 0.29) is 11.3 Å². The van der Waals surface area contributed by atoms with Crippen LogP contribution in [0.4, 0.5) is 0 Å². The number of rotatable bonds is 5. The van der Waals surface area contributed by atoms with E-state index >= 15 is 0 Å². The van der Waals surface area contributed by atoms with Gasteiger partial charge in [0.25, 0.3) is 0 Å². The summed E-state index contributed by atoms with van der Waals surface area (Å²) < 4.78 is 11.0. The monoisotopic (exact) mass is 402 g/mol. The first-order valence-corrected chi connectivity index (χ1v) is 9.74. The van der Waals surface area contributed by atoms with Gasteiger partial charge in [0.15, 0.2) is 0 Å². The molecule has 7 nitrogen and oxygen atoms in total. The van der Waals surface area contributed by atoms with Crippen LogP contribution in [0.25, 0.3) is 0 Å². The van der Waals surface area contributed by atoms with Crippen LogP contribution in [0.5, 0.6) is 11.5 Å². The number of aryl methyl sites for hydroxylation is 2. The molecule has 0 bridgehead atoms. The van der Waals surface area contributed by atoms with Crippen LogP contribution in [-0.4, -0.2) is 63.7 Å². The van der Waals surface area contributed by atoms with Crippen molar-refractivity contribution in [2.75, 3.05) is 13.7 Å². The van der Waals surface area contributed by atoms with Gasteiger partial charge in [0, 0.05) is 18.1 Å². The Morgan fingerprint density at radius 1 is 1.00 bits per heavy atom. The van der Waals surface area contributed by atoms with Crippen LogP contribution in [0.3, 0.4) is 0 Å². The minimum atomic E-state index is -1.51. The minimum absolute atomic E-state index is 0.160. The SMILES string of the molecule is COc1cc(O)c([C@@H]2O[C@H](CO)[C@@H](O)[C@H](O)[C@H]2O)cc1Cc1ccc2c(c1)CC2. The highest BCUT2D eigenvalue weighted by molar-refractivity contribution is 5.50. The average molecular weight is 402 g/mol. The fourth-order valence-corrected chi connectivity index (χ4v) is 4.13. The van der Waals surface area contributed by atoms with E-state index < -0.39 is 37.1 Å². The van der Waals surface area contributed by atoms with E-state index in [2.05, 4.69) is 18.2 Å². The van der Waals surface area contributed by atoms with Gasteiger partial charge in [-0.2, -0.15) is 0 Å². The van der Waals surface area contributed by atoms with Gasteiger partial charge in [-0.3, -0.25) is 0 Å². The largest absolute Gasteiger partial charge is 0.507 e. The van der Waals surface area contributed by atoms with Gasteiger partial charge >= 0.3 is 0 Å². The van der Waals surface area contributed by atoms with E-state index in [9.17, 15) is 25.5 Å². The van der Waals surface area contributed by atoms with Crippen LogP contribution >= 0.6 is 0 Å². The molecule has 0 saturated carbocycles. The Morgan fingerprint density at radius 3 is 2.38 bits per heavy atom. The maximum Gasteiger partial charge on any atom is 0.126 e. The molecular formula is C22H26O7. The van der Waals surface area contributed by atoms with Crippen LogP contribution in [0.1, 0.15) is 33.9 Å². The number of aromatic hydroxyl groups is 1. The third kappa shape index (κ3) is 3.60. The molecule has 2 aromatic carbocycles. The van der Waals surface area contributed by atoms with E-state index in [1.54, 1.807) is 6.07 Å². The van der Waals surface area contributed by atoms with E-state index in [0.29, 0.717) is 12.2 Å². The van der Waals surface area contributed by atoms with Gasteiger partial charge in [-0.25, -0.2) is 0 Å². The molecule has 29 heavy (non-hydrogen) atoms. The van der Waals surface area contributed by atoms with Crippen molar-refractivity contribution in [3.8, 4) is 11.5 Å². The zero-order valence-corrected chi connectivity index (χ0v) is 16.2. The number of hydrogen-bond donors (Lipinski definition) is 5. The lowest BCUT2D eigenvalue weighted by molar-refractivity contribution is -0.232. The Kier molecular flexibility index (Phi) is 5.50. The Bertz CT molecular complexity index is 895. The van der Waals surface area contributed by atoms with Gasteiger partial charge in [-0.1, -0.05) is 18.2 Å². The van der Waals surface area contributed by atoms with Crippen LogP contribution in [0, 0.1) is 0 Å². The van der Waals surface area contributed by atoms with Crippen molar-refractivity contribution in [3.05, 3.63) is 58.1 Å². The quantitative estimate of drug-likeness (QED) is 0.497. The molecule has 5 atom stereocenters. The summed E-state index contributed by atoms with van der Waals surface area (Å²) >= 11 is 0. The maximum absolute atomic E-state index is 10.5. The molecule has 1 aliphatic heterocycles. The Labute approximate surface area is 168 Å². The third-order valence-corrected chi connectivity index (χ3v) is 5.96. The van der Waals surface area contributed by atoms with Crippen molar-refractivity contribution in [3.63, 3.8) is 0 Å². The molecule has 2 aliphatic rings. The zero-order chi connectivity index (χ0) is 20.7. The number of aliphatic hydroxyl groups excluding tert-OH is 4. The lowest BCUT2D eigenvalue weighted by Crippen LogP contribution is -2.55. The molecule has 0 amide bonds. The summed E-state index contributed by atoms with van der Waals surface area (Å²) in [7, 11) is 1.52.